The van der Waals surface area contributed by atoms with Crippen molar-refractivity contribution in [1.29, 1.82) is 0 Å². The molecule has 0 unspecified atom stereocenters. The molecule has 104 valence electrons. The Hall–Kier alpha value is -2.97. The Kier molecular flexibility index (Phi) is 3.60. The molecule has 0 aliphatic heterocycles. The lowest BCUT2D eigenvalue weighted by molar-refractivity contribution is -0.385. The highest BCUT2D eigenvalue weighted by molar-refractivity contribution is 6.06. The van der Waals surface area contributed by atoms with Gasteiger partial charge in [-0.25, -0.2) is 4.98 Å². The van der Waals surface area contributed by atoms with Crippen molar-refractivity contribution in [3.8, 4) is 0 Å². The van der Waals surface area contributed by atoms with Crippen LogP contribution in [0.25, 0.3) is 0 Å². The van der Waals surface area contributed by atoms with Crippen molar-refractivity contribution in [3.05, 3.63) is 39.7 Å². The largest absolute Gasteiger partial charge is 0.373 e. The molecule has 9 heteroatoms. The average Bonchev–Trinajstić information content (AvgIpc) is 2.83. The van der Waals surface area contributed by atoms with Gasteiger partial charge >= 0.3 is 0 Å². The van der Waals surface area contributed by atoms with E-state index in [-0.39, 0.29) is 11.4 Å². The number of pyridine rings is 1. The standard InChI is InChI=1S/C11H11N5O4/c1-6-3-10(20-15-6)14-11(17)7-4-9(12-2)13-5-8(7)16(18)19/h3-5H,1-2H3,(H,12,13)(H,14,17). The van der Waals surface area contributed by atoms with Crippen LogP contribution in [0, 0.1) is 17.0 Å². The molecular weight excluding hydrogens is 266 g/mol. The van der Waals surface area contributed by atoms with Gasteiger partial charge in [-0.1, -0.05) is 5.16 Å². The Morgan fingerprint density at radius 1 is 1.45 bits per heavy atom. The zero-order chi connectivity index (χ0) is 14.7. The maximum atomic E-state index is 12.1. The molecule has 0 atom stereocenters. The van der Waals surface area contributed by atoms with E-state index in [2.05, 4.69) is 20.8 Å². The molecule has 0 bridgehead atoms. The summed E-state index contributed by atoms with van der Waals surface area (Å²) in [6.45, 7) is 1.69. The molecule has 2 aromatic rings. The molecule has 20 heavy (non-hydrogen) atoms. The molecule has 0 aromatic carbocycles. The molecule has 0 saturated heterocycles. The number of aromatic nitrogens is 2. The van der Waals surface area contributed by atoms with E-state index in [4.69, 9.17) is 4.52 Å². The summed E-state index contributed by atoms with van der Waals surface area (Å²) in [6.07, 6.45) is 1.02. The molecule has 0 aliphatic rings. The normalized spacial score (nSPS) is 10.1. The van der Waals surface area contributed by atoms with Crippen LogP contribution >= 0.6 is 0 Å². The van der Waals surface area contributed by atoms with Crippen molar-refractivity contribution in [2.75, 3.05) is 17.7 Å². The second kappa shape index (κ2) is 5.34. The minimum absolute atomic E-state index is 0.115. The van der Waals surface area contributed by atoms with Gasteiger partial charge in [-0.3, -0.25) is 20.2 Å². The van der Waals surface area contributed by atoms with Gasteiger partial charge in [0.2, 0.25) is 5.88 Å². The Balaban J connectivity index is 2.34. The predicted octanol–water partition coefficient (Wildman–Crippen LogP) is 1.58. The number of anilines is 2. The lowest BCUT2D eigenvalue weighted by Gasteiger charge is -2.04. The van der Waals surface area contributed by atoms with Crippen LogP contribution in [0.4, 0.5) is 17.4 Å². The number of carbonyl (C=O) groups excluding carboxylic acids is 1. The van der Waals surface area contributed by atoms with Crippen molar-refractivity contribution in [3.63, 3.8) is 0 Å². The fourth-order valence-corrected chi connectivity index (χ4v) is 1.51. The molecule has 1 amide bonds. The first-order chi connectivity index (χ1) is 9.51. The number of hydrogen-bond acceptors (Lipinski definition) is 7. The number of nitrogens with one attached hydrogen (secondary N) is 2. The zero-order valence-corrected chi connectivity index (χ0v) is 10.7. The summed E-state index contributed by atoms with van der Waals surface area (Å²) in [7, 11) is 1.59. The maximum absolute atomic E-state index is 12.1. The van der Waals surface area contributed by atoms with Crippen LogP contribution in [-0.4, -0.2) is 28.0 Å². The third kappa shape index (κ3) is 2.71. The van der Waals surface area contributed by atoms with Gasteiger partial charge in [0.1, 0.15) is 17.6 Å². The quantitative estimate of drug-likeness (QED) is 0.642. The number of rotatable bonds is 4. The summed E-state index contributed by atoms with van der Waals surface area (Å²) in [5, 5.41) is 19.6. The summed E-state index contributed by atoms with van der Waals surface area (Å²) >= 11 is 0. The molecular formula is C11H11N5O4. The molecule has 2 heterocycles. The number of nitro groups is 1. The van der Waals surface area contributed by atoms with Crippen molar-refractivity contribution in [2.45, 2.75) is 6.92 Å². The van der Waals surface area contributed by atoms with Crippen LogP contribution in [0.1, 0.15) is 16.1 Å². The number of nitrogens with zero attached hydrogens (tertiary/aromatic N) is 3. The van der Waals surface area contributed by atoms with Gasteiger partial charge in [-0.05, 0) is 6.92 Å². The molecule has 0 spiro atoms. The van der Waals surface area contributed by atoms with Crippen molar-refractivity contribution in [1.82, 2.24) is 10.1 Å². The Labute approximate surface area is 113 Å². The van der Waals surface area contributed by atoms with Gasteiger partial charge in [0.25, 0.3) is 11.6 Å². The second-order valence-corrected chi connectivity index (χ2v) is 3.88. The van der Waals surface area contributed by atoms with E-state index in [1.165, 1.54) is 12.1 Å². The summed E-state index contributed by atoms with van der Waals surface area (Å²) in [5.41, 5.74) is 0.0709. The van der Waals surface area contributed by atoms with Gasteiger partial charge < -0.3 is 9.84 Å². The molecule has 9 nitrogen and oxygen atoms in total. The van der Waals surface area contributed by atoms with E-state index >= 15 is 0 Å². The number of amides is 1. The topological polar surface area (TPSA) is 123 Å². The molecule has 0 aliphatic carbocycles. The van der Waals surface area contributed by atoms with Crippen LogP contribution in [0.5, 0.6) is 0 Å². The van der Waals surface area contributed by atoms with Crippen LogP contribution in [-0.2, 0) is 0 Å². The van der Waals surface area contributed by atoms with E-state index in [0.29, 0.717) is 11.5 Å². The van der Waals surface area contributed by atoms with E-state index in [1.807, 2.05) is 0 Å². The number of aryl methyl sites for hydroxylation is 1. The molecule has 0 saturated carbocycles. The van der Waals surface area contributed by atoms with E-state index in [9.17, 15) is 14.9 Å². The maximum Gasteiger partial charge on any atom is 0.300 e. The molecule has 2 N–H and O–H groups in total. The van der Waals surface area contributed by atoms with Gasteiger partial charge in [0.15, 0.2) is 0 Å². The smallest absolute Gasteiger partial charge is 0.300 e. The van der Waals surface area contributed by atoms with Crippen molar-refractivity contribution in [2.24, 2.45) is 0 Å². The minimum atomic E-state index is -0.674. The van der Waals surface area contributed by atoms with Gasteiger partial charge in [0.05, 0.1) is 10.6 Å². The molecule has 0 fully saturated rings. The monoisotopic (exact) mass is 277 g/mol. The van der Waals surface area contributed by atoms with Crippen molar-refractivity contribution < 1.29 is 14.2 Å². The zero-order valence-electron chi connectivity index (χ0n) is 10.7. The highest BCUT2D eigenvalue weighted by Gasteiger charge is 2.22. The fourth-order valence-electron chi connectivity index (χ4n) is 1.51. The summed E-state index contributed by atoms with van der Waals surface area (Å²) in [6, 6.07) is 2.79. The molecule has 2 rings (SSSR count). The minimum Gasteiger partial charge on any atom is -0.373 e. The lowest BCUT2D eigenvalue weighted by atomic mass is 10.2. The highest BCUT2D eigenvalue weighted by atomic mass is 16.6. The Bertz CT molecular complexity index is 667. The average molecular weight is 277 g/mol. The Morgan fingerprint density at radius 2 is 2.20 bits per heavy atom. The van der Waals surface area contributed by atoms with Gasteiger partial charge in [-0.2, -0.15) is 0 Å². The van der Waals surface area contributed by atoms with Crippen LogP contribution in [0.2, 0.25) is 0 Å². The molecule has 0 radical (unpaired) electrons. The highest BCUT2D eigenvalue weighted by Crippen LogP contribution is 2.21. The van der Waals surface area contributed by atoms with Crippen molar-refractivity contribution >= 4 is 23.3 Å². The van der Waals surface area contributed by atoms with Crippen LogP contribution in [0.3, 0.4) is 0 Å². The fraction of sp³-hybridized carbons (Fsp3) is 0.182. The first-order valence-electron chi connectivity index (χ1n) is 5.58. The first-order valence-corrected chi connectivity index (χ1v) is 5.58. The number of hydrogen-bond donors (Lipinski definition) is 2. The summed E-state index contributed by atoms with van der Waals surface area (Å²) in [5.74, 6) is -0.217. The van der Waals surface area contributed by atoms with E-state index in [1.54, 1.807) is 14.0 Å². The predicted molar refractivity (Wildman–Crippen MR) is 69.6 cm³/mol. The van der Waals surface area contributed by atoms with Gasteiger partial charge in [0, 0.05) is 19.2 Å². The van der Waals surface area contributed by atoms with Gasteiger partial charge in [-0.15, -0.1) is 0 Å². The third-order valence-electron chi connectivity index (χ3n) is 2.45. The number of carbonyl (C=O) groups is 1. The SMILES string of the molecule is CNc1cc(C(=O)Nc2cc(C)no2)c([N+](=O)[O-])cn1. The van der Waals surface area contributed by atoms with E-state index < -0.39 is 16.5 Å². The third-order valence-corrected chi connectivity index (χ3v) is 2.45. The summed E-state index contributed by atoms with van der Waals surface area (Å²) < 4.78 is 4.83. The second-order valence-electron chi connectivity index (χ2n) is 3.88. The lowest BCUT2D eigenvalue weighted by Crippen LogP contribution is -2.14. The van der Waals surface area contributed by atoms with E-state index in [0.717, 1.165) is 6.20 Å². The summed E-state index contributed by atoms with van der Waals surface area (Å²) in [4.78, 5) is 26.1. The van der Waals surface area contributed by atoms with Crippen LogP contribution in [0.15, 0.2) is 22.9 Å². The van der Waals surface area contributed by atoms with Crippen LogP contribution < -0.4 is 10.6 Å². The first kappa shape index (κ1) is 13.5. The Morgan fingerprint density at radius 3 is 2.75 bits per heavy atom. The molecule has 2 aromatic heterocycles.